The monoisotopic (exact) mass is 161 g/mol. The van der Waals surface area contributed by atoms with Crippen LogP contribution in [0.3, 0.4) is 0 Å². The van der Waals surface area contributed by atoms with Gasteiger partial charge in [0, 0.05) is 5.54 Å². The lowest BCUT2D eigenvalue weighted by Gasteiger charge is -2.01. The molecule has 0 aliphatic heterocycles. The van der Waals surface area contributed by atoms with Crippen molar-refractivity contribution in [1.82, 2.24) is 5.32 Å². The van der Waals surface area contributed by atoms with Crippen molar-refractivity contribution in [3.8, 4) is 0 Å². The Labute approximate surface area is 68.5 Å². The van der Waals surface area contributed by atoms with E-state index < -0.39 is 0 Å². The number of nitrogens with one attached hydrogen (secondary N) is 1. The summed E-state index contributed by atoms with van der Waals surface area (Å²) in [6.45, 7) is 6.36. The van der Waals surface area contributed by atoms with Gasteiger partial charge >= 0.3 is 0 Å². The summed E-state index contributed by atoms with van der Waals surface area (Å²) in [4.78, 5) is 0. The van der Waals surface area contributed by atoms with Crippen molar-refractivity contribution in [3.05, 3.63) is 11.1 Å². The van der Waals surface area contributed by atoms with E-state index >= 15 is 0 Å². The molecule has 60 valence electrons. The first-order valence-corrected chi connectivity index (χ1v) is 4.21. The molecule has 0 atom stereocenters. The Morgan fingerprint density at radius 3 is 2.70 bits per heavy atom. The molecule has 0 unspecified atom stereocenters. The predicted octanol–water partition coefficient (Wildman–Crippen LogP) is 2.52. The van der Waals surface area contributed by atoms with Crippen LogP contribution in [0, 0.1) is 0 Å². The summed E-state index contributed by atoms with van der Waals surface area (Å²) < 4.78 is 0. The van der Waals surface area contributed by atoms with Gasteiger partial charge in [-0.05, 0) is 32.9 Å². The molecular formula is C8H16ClN. The van der Waals surface area contributed by atoms with E-state index in [0.29, 0.717) is 0 Å². The van der Waals surface area contributed by atoms with E-state index in [9.17, 15) is 0 Å². The van der Waals surface area contributed by atoms with Crippen LogP contribution in [-0.2, 0) is 0 Å². The molecule has 0 bridgehead atoms. The minimum Gasteiger partial charge on any atom is -0.316 e. The summed E-state index contributed by atoms with van der Waals surface area (Å²) in [6, 6.07) is 0. The maximum absolute atomic E-state index is 5.47. The van der Waals surface area contributed by atoms with Crippen LogP contribution in [-0.4, -0.2) is 13.1 Å². The minimum atomic E-state index is 1.04. The van der Waals surface area contributed by atoms with Gasteiger partial charge in [0.25, 0.3) is 0 Å². The average molecular weight is 162 g/mol. The van der Waals surface area contributed by atoms with Gasteiger partial charge in [-0.3, -0.25) is 0 Å². The number of hydrogen-bond acceptors (Lipinski definition) is 1. The number of halogens is 1. The van der Waals surface area contributed by atoms with Gasteiger partial charge in [0.2, 0.25) is 0 Å². The second-order valence-corrected chi connectivity index (χ2v) is 2.67. The van der Waals surface area contributed by atoms with Crippen LogP contribution >= 0.6 is 11.6 Å². The topological polar surface area (TPSA) is 12.0 Å². The van der Waals surface area contributed by atoms with Gasteiger partial charge in [-0.15, -0.1) is 0 Å². The first-order chi connectivity index (χ1) is 4.81. The Kier molecular flexibility index (Phi) is 7.09. The molecule has 0 aliphatic carbocycles. The van der Waals surface area contributed by atoms with Gasteiger partial charge in [0.15, 0.2) is 0 Å². The van der Waals surface area contributed by atoms with Crippen LogP contribution in [0.4, 0.5) is 0 Å². The quantitative estimate of drug-likeness (QED) is 0.612. The summed E-state index contributed by atoms with van der Waals surface area (Å²) in [6.07, 6.45) is 2.26. The summed E-state index contributed by atoms with van der Waals surface area (Å²) >= 11 is 5.47. The van der Waals surface area contributed by atoms with Gasteiger partial charge in [0.1, 0.15) is 0 Å². The molecule has 0 heterocycles. The van der Waals surface area contributed by atoms with Crippen LogP contribution in [0.1, 0.15) is 26.7 Å². The fourth-order valence-electron chi connectivity index (χ4n) is 0.642. The highest BCUT2D eigenvalue weighted by Gasteiger charge is 1.87. The summed E-state index contributed by atoms with van der Waals surface area (Å²) in [5, 5.41) is 3.30. The summed E-state index contributed by atoms with van der Waals surface area (Å²) in [5.74, 6) is 0. The van der Waals surface area contributed by atoms with Gasteiger partial charge in [0.05, 0.1) is 0 Å². The zero-order valence-electron chi connectivity index (χ0n) is 6.78. The first-order valence-electron chi connectivity index (χ1n) is 3.77. The molecule has 0 aromatic rings. The zero-order valence-corrected chi connectivity index (χ0v) is 7.54. The summed E-state index contributed by atoms with van der Waals surface area (Å²) in [5.41, 5.74) is 2.89. The maximum atomic E-state index is 5.47. The largest absolute Gasteiger partial charge is 0.316 e. The molecule has 2 heteroatoms. The Morgan fingerprint density at radius 1 is 1.50 bits per heavy atom. The van der Waals surface area contributed by atoms with Crippen molar-refractivity contribution in [2.45, 2.75) is 26.7 Å². The van der Waals surface area contributed by atoms with Gasteiger partial charge in [-0.25, -0.2) is 0 Å². The lowest BCUT2D eigenvalue weighted by atomic mass is 10.2. The van der Waals surface area contributed by atoms with E-state index in [4.69, 9.17) is 11.6 Å². The standard InChI is InChI=1S/C8H16ClN/c1-3-5-10-6-4-8(2)7-9/h7,10H,3-6H2,1-2H3. The average Bonchev–Trinajstić information content (AvgIpc) is 1.98. The van der Waals surface area contributed by atoms with Crippen LogP contribution in [0.25, 0.3) is 0 Å². The fourth-order valence-corrected chi connectivity index (χ4v) is 0.751. The molecule has 0 amide bonds. The van der Waals surface area contributed by atoms with Crippen LogP contribution in [0.15, 0.2) is 11.1 Å². The molecule has 1 N–H and O–H groups in total. The van der Waals surface area contributed by atoms with E-state index in [1.165, 1.54) is 12.0 Å². The van der Waals surface area contributed by atoms with Gasteiger partial charge < -0.3 is 5.32 Å². The van der Waals surface area contributed by atoms with Crippen LogP contribution in [0.2, 0.25) is 0 Å². The second kappa shape index (κ2) is 7.10. The maximum Gasteiger partial charge on any atom is 0.00321 e. The first kappa shape index (κ1) is 9.99. The highest BCUT2D eigenvalue weighted by atomic mass is 35.5. The van der Waals surface area contributed by atoms with E-state index in [0.717, 1.165) is 19.5 Å². The molecular weight excluding hydrogens is 146 g/mol. The molecule has 0 saturated heterocycles. The Balaban J connectivity index is 3.04. The molecule has 0 spiro atoms. The Morgan fingerprint density at radius 2 is 2.20 bits per heavy atom. The van der Waals surface area contributed by atoms with Crippen molar-refractivity contribution in [1.29, 1.82) is 0 Å². The molecule has 0 aliphatic rings. The smallest absolute Gasteiger partial charge is 0.00321 e. The highest BCUT2D eigenvalue weighted by Crippen LogP contribution is 1.99. The van der Waals surface area contributed by atoms with Crippen molar-refractivity contribution in [2.24, 2.45) is 0 Å². The third-order valence-corrected chi connectivity index (χ3v) is 1.68. The van der Waals surface area contributed by atoms with Crippen LogP contribution < -0.4 is 5.32 Å². The fraction of sp³-hybridized carbons (Fsp3) is 0.750. The third-order valence-electron chi connectivity index (χ3n) is 1.31. The van der Waals surface area contributed by atoms with Crippen LogP contribution in [0.5, 0.6) is 0 Å². The molecule has 0 aromatic carbocycles. The van der Waals surface area contributed by atoms with E-state index in [-0.39, 0.29) is 0 Å². The third kappa shape index (κ3) is 6.12. The SMILES string of the molecule is CCCNCCC(C)=CCl. The molecule has 0 saturated carbocycles. The molecule has 0 radical (unpaired) electrons. The minimum absolute atomic E-state index is 1.04. The normalized spacial score (nSPS) is 12.1. The van der Waals surface area contributed by atoms with Crippen molar-refractivity contribution >= 4 is 11.6 Å². The number of hydrogen-bond donors (Lipinski definition) is 1. The highest BCUT2D eigenvalue weighted by molar-refractivity contribution is 6.25. The van der Waals surface area contributed by atoms with Crippen molar-refractivity contribution in [2.75, 3.05) is 13.1 Å². The zero-order chi connectivity index (χ0) is 7.82. The molecule has 0 rings (SSSR count). The van der Waals surface area contributed by atoms with Crippen molar-refractivity contribution in [3.63, 3.8) is 0 Å². The van der Waals surface area contributed by atoms with Gasteiger partial charge in [-0.2, -0.15) is 0 Å². The number of rotatable bonds is 5. The molecule has 0 fully saturated rings. The van der Waals surface area contributed by atoms with Crippen molar-refractivity contribution < 1.29 is 0 Å². The Hall–Kier alpha value is -0.0100. The van der Waals surface area contributed by atoms with E-state index in [1.807, 2.05) is 6.92 Å². The Bertz CT molecular complexity index is 99.4. The molecule has 10 heavy (non-hydrogen) atoms. The second-order valence-electron chi connectivity index (χ2n) is 2.46. The predicted molar refractivity (Wildman–Crippen MR) is 47.4 cm³/mol. The lowest BCUT2D eigenvalue weighted by molar-refractivity contribution is 0.669. The lowest BCUT2D eigenvalue weighted by Crippen LogP contribution is -2.15. The summed E-state index contributed by atoms with van der Waals surface area (Å²) in [7, 11) is 0. The van der Waals surface area contributed by atoms with Gasteiger partial charge in [-0.1, -0.05) is 24.1 Å². The molecule has 0 aromatic heterocycles. The molecule has 1 nitrogen and oxygen atoms in total. The van der Waals surface area contributed by atoms with E-state index in [1.54, 1.807) is 5.54 Å². The van der Waals surface area contributed by atoms with E-state index in [2.05, 4.69) is 12.2 Å².